The average Bonchev–Trinajstić information content (AvgIpc) is 3.19. The third kappa shape index (κ3) is 9.05. The van der Waals surface area contributed by atoms with Gasteiger partial charge in [-0.15, -0.1) is 0 Å². The summed E-state index contributed by atoms with van der Waals surface area (Å²) in [5.41, 5.74) is 5.38. The summed E-state index contributed by atoms with van der Waals surface area (Å²) < 4.78 is 52.0. The van der Waals surface area contributed by atoms with Gasteiger partial charge in [0.15, 0.2) is 0 Å². The number of nitro groups is 1. The number of phosphoric acid groups is 3. The predicted molar refractivity (Wildman–Crippen MR) is 131 cm³/mol. The molecule has 3 rings (SSSR count). The standard InChI is InChI=1S/C17H24N5O15P3/c18-7-10-1-2-11(12(5-10)22(25)26)8-19-15-3-4-21(17(24)20-15)16-6-13(23)14(35-16)9-34-39(30,31)37-40(32,33)36-38(27,28)29/h1-5,13-14,16,23H,6-9,18H2,(H,30,31)(H,32,33)(H,19,20,24)(H2,27,28,29)/t13-,14-,16-/m1/s1. The fraction of sp³-hybridized carbons (Fsp3) is 0.412. The van der Waals surface area contributed by atoms with Gasteiger partial charge < -0.3 is 40.5 Å². The van der Waals surface area contributed by atoms with Crippen LogP contribution in [0, 0.1) is 10.1 Å². The molecule has 0 amide bonds. The molecule has 0 spiro atoms. The molecule has 40 heavy (non-hydrogen) atoms. The van der Waals surface area contributed by atoms with Crippen molar-refractivity contribution in [3.8, 4) is 0 Å². The highest BCUT2D eigenvalue weighted by Gasteiger charge is 2.43. The summed E-state index contributed by atoms with van der Waals surface area (Å²) in [6.07, 6.45) is -2.79. The molecule has 1 aliphatic heterocycles. The van der Waals surface area contributed by atoms with Crippen molar-refractivity contribution in [2.24, 2.45) is 5.73 Å². The molecule has 1 aromatic heterocycles. The number of nitrogens with one attached hydrogen (secondary N) is 1. The highest BCUT2D eigenvalue weighted by molar-refractivity contribution is 7.66. The second-order valence-electron chi connectivity index (χ2n) is 8.10. The maximum absolute atomic E-state index is 12.6. The maximum atomic E-state index is 12.6. The van der Waals surface area contributed by atoms with Gasteiger partial charge >= 0.3 is 29.2 Å². The van der Waals surface area contributed by atoms with E-state index in [1.165, 1.54) is 24.4 Å². The van der Waals surface area contributed by atoms with E-state index in [-0.39, 0.29) is 31.0 Å². The summed E-state index contributed by atoms with van der Waals surface area (Å²) in [4.78, 5) is 63.0. The lowest BCUT2D eigenvalue weighted by molar-refractivity contribution is -0.385. The van der Waals surface area contributed by atoms with E-state index < -0.39 is 59.1 Å². The van der Waals surface area contributed by atoms with Crippen LogP contribution >= 0.6 is 23.5 Å². The van der Waals surface area contributed by atoms with Crippen molar-refractivity contribution in [1.82, 2.24) is 9.55 Å². The van der Waals surface area contributed by atoms with Gasteiger partial charge in [-0.1, -0.05) is 12.1 Å². The molecule has 5 atom stereocenters. The molecule has 2 aromatic rings. The Morgan fingerprint density at radius 2 is 1.88 bits per heavy atom. The molecule has 1 aromatic carbocycles. The van der Waals surface area contributed by atoms with E-state index in [1.54, 1.807) is 6.07 Å². The van der Waals surface area contributed by atoms with E-state index >= 15 is 0 Å². The Kier molecular flexibility index (Phi) is 10.1. The molecular formula is C17H24N5O15P3. The highest BCUT2D eigenvalue weighted by atomic mass is 31.3. The maximum Gasteiger partial charge on any atom is 0.490 e. The molecule has 222 valence electrons. The lowest BCUT2D eigenvalue weighted by Gasteiger charge is -2.19. The van der Waals surface area contributed by atoms with Gasteiger partial charge in [0.25, 0.3) is 5.69 Å². The Bertz CT molecular complexity index is 1450. The Balaban J connectivity index is 1.61. The summed E-state index contributed by atoms with van der Waals surface area (Å²) in [6, 6.07) is 5.84. The summed E-state index contributed by atoms with van der Waals surface area (Å²) in [5.74, 6) is 0.0706. The van der Waals surface area contributed by atoms with Crippen LogP contribution in [0.15, 0.2) is 35.3 Å². The van der Waals surface area contributed by atoms with Crippen molar-refractivity contribution in [3.05, 3.63) is 62.2 Å². The molecule has 2 unspecified atom stereocenters. The van der Waals surface area contributed by atoms with Crippen molar-refractivity contribution in [2.45, 2.75) is 37.9 Å². The van der Waals surface area contributed by atoms with Gasteiger partial charge in [-0.25, -0.2) is 18.5 Å². The van der Waals surface area contributed by atoms with Crippen LogP contribution in [-0.4, -0.2) is 58.0 Å². The molecular weight excluding hydrogens is 607 g/mol. The molecule has 23 heteroatoms. The van der Waals surface area contributed by atoms with Crippen LogP contribution in [0.1, 0.15) is 23.8 Å². The Morgan fingerprint density at radius 1 is 1.18 bits per heavy atom. The molecule has 1 saturated heterocycles. The summed E-state index contributed by atoms with van der Waals surface area (Å²) >= 11 is 0. The molecule has 0 radical (unpaired) electrons. The van der Waals surface area contributed by atoms with Crippen LogP contribution in [0.3, 0.4) is 0 Å². The number of nitro benzene ring substituents is 1. The van der Waals surface area contributed by atoms with E-state index in [1.807, 2.05) is 0 Å². The van der Waals surface area contributed by atoms with Crippen molar-refractivity contribution >= 4 is 35.0 Å². The number of aromatic nitrogens is 2. The number of ether oxygens (including phenoxy) is 1. The largest absolute Gasteiger partial charge is 0.490 e. The van der Waals surface area contributed by atoms with Crippen LogP contribution < -0.4 is 16.7 Å². The van der Waals surface area contributed by atoms with Crippen LogP contribution in [0.5, 0.6) is 0 Å². The zero-order valence-corrected chi connectivity index (χ0v) is 22.7. The van der Waals surface area contributed by atoms with Crippen LogP contribution in [0.25, 0.3) is 0 Å². The molecule has 0 bridgehead atoms. The third-order valence-corrected chi connectivity index (χ3v) is 9.01. The summed E-state index contributed by atoms with van der Waals surface area (Å²) in [6.45, 7) is -0.838. The molecule has 2 heterocycles. The molecule has 1 fully saturated rings. The first-order valence-corrected chi connectivity index (χ1v) is 15.4. The Labute approximate surface area is 223 Å². The average molecular weight is 631 g/mol. The lowest BCUT2D eigenvalue weighted by atomic mass is 10.1. The smallest absolute Gasteiger partial charge is 0.390 e. The minimum Gasteiger partial charge on any atom is -0.390 e. The first-order valence-electron chi connectivity index (χ1n) is 10.9. The van der Waals surface area contributed by atoms with Gasteiger partial charge in [-0.2, -0.15) is 13.6 Å². The zero-order chi connectivity index (χ0) is 29.9. The normalized spacial score (nSPS) is 22.4. The van der Waals surface area contributed by atoms with Gasteiger partial charge in [0.1, 0.15) is 18.1 Å². The number of rotatable bonds is 13. The van der Waals surface area contributed by atoms with E-state index in [2.05, 4.69) is 23.4 Å². The molecule has 8 N–H and O–H groups in total. The molecule has 1 aliphatic rings. The zero-order valence-electron chi connectivity index (χ0n) is 20.0. The van der Waals surface area contributed by atoms with E-state index in [0.29, 0.717) is 11.1 Å². The minimum absolute atomic E-state index is 0.0427. The van der Waals surface area contributed by atoms with Gasteiger partial charge in [-0.3, -0.25) is 19.2 Å². The van der Waals surface area contributed by atoms with E-state index in [4.69, 9.17) is 20.3 Å². The molecule has 20 nitrogen and oxygen atoms in total. The summed E-state index contributed by atoms with van der Waals surface area (Å²) in [7, 11) is -16.7. The van der Waals surface area contributed by atoms with Crippen LogP contribution in [0.4, 0.5) is 11.5 Å². The van der Waals surface area contributed by atoms with E-state index in [0.717, 1.165) is 4.57 Å². The SMILES string of the molecule is NCc1ccc(CNc2ccn([C@H]3C[C@@H](O)[C@@H](COP(=O)(O)OP(=O)(O)OP(=O)(O)O)O3)c(=O)n2)c([N+](=O)[O-])c1. The third-order valence-electron chi connectivity index (χ3n) is 5.20. The minimum atomic E-state index is -5.72. The lowest BCUT2D eigenvalue weighted by Crippen LogP contribution is -2.28. The Hall–Kier alpha value is -2.41. The number of anilines is 1. The first-order chi connectivity index (χ1) is 18.5. The second-order valence-corrected chi connectivity index (χ2v) is 12.5. The van der Waals surface area contributed by atoms with Gasteiger partial charge in [-0.05, 0) is 11.6 Å². The van der Waals surface area contributed by atoms with Gasteiger partial charge in [0, 0.05) is 37.3 Å². The number of hydrogen-bond donors (Lipinski definition) is 7. The molecule has 0 saturated carbocycles. The number of phosphoric ester groups is 1. The monoisotopic (exact) mass is 631 g/mol. The second kappa shape index (κ2) is 12.6. The van der Waals surface area contributed by atoms with Crippen molar-refractivity contribution in [2.75, 3.05) is 11.9 Å². The fourth-order valence-electron chi connectivity index (χ4n) is 3.48. The number of hydrogen-bond acceptors (Lipinski definition) is 14. The van der Waals surface area contributed by atoms with Crippen molar-refractivity contribution in [1.29, 1.82) is 0 Å². The van der Waals surface area contributed by atoms with Crippen LogP contribution in [-0.2, 0) is 44.7 Å². The number of benzene rings is 1. The highest BCUT2D eigenvalue weighted by Crippen LogP contribution is 2.66. The van der Waals surface area contributed by atoms with Gasteiger partial charge in [0.2, 0.25) is 0 Å². The quantitative estimate of drug-likeness (QED) is 0.0882. The fourth-order valence-corrected chi connectivity index (χ4v) is 6.51. The number of nitrogens with zero attached hydrogens (tertiary/aromatic N) is 3. The summed E-state index contributed by atoms with van der Waals surface area (Å²) in [5, 5.41) is 24.3. The van der Waals surface area contributed by atoms with Crippen molar-refractivity contribution < 1.29 is 61.2 Å². The number of aliphatic hydroxyl groups is 1. The number of aliphatic hydroxyl groups excluding tert-OH is 1. The topological polar surface area (TPSA) is 305 Å². The van der Waals surface area contributed by atoms with Crippen LogP contribution in [0.2, 0.25) is 0 Å². The predicted octanol–water partition coefficient (Wildman–Crippen LogP) is 0.214. The number of nitrogens with two attached hydrogens (primary N) is 1. The first kappa shape index (κ1) is 32.1. The van der Waals surface area contributed by atoms with E-state index in [9.17, 15) is 43.5 Å². The van der Waals surface area contributed by atoms with Crippen molar-refractivity contribution in [3.63, 3.8) is 0 Å². The Morgan fingerprint density at radius 3 is 2.48 bits per heavy atom. The van der Waals surface area contributed by atoms with Gasteiger partial charge in [0.05, 0.1) is 17.6 Å². The molecule has 0 aliphatic carbocycles.